The predicted octanol–water partition coefficient (Wildman–Crippen LogP) is 3.24. The van der Waals surface area contributed by atoms with Crippen molar-refractivity contribution in [1.82, 2.24) is 19.9 Å². The Labute approximate surface area is 197 Å². The fourth-order valence-electron chi connectivity index (χ4n) is 6.54. The molecule has 2 aromatic rings. The molecule has 3 unspecified atom stereocenters. The molecule has 3 aliphatic carbocycles. The molecule has 5 fully saturated rings. The summed E-state index contributed by atoms with van der Waals surface area (Å²) in [5.74, 6) is 0.436. The smallest absolute Gasteiger partial charge is 0.331 e. The van der Waals surface area contributed by atoms with Gasteiger partial charge in [0.05, 0.1) is 18.1 Å². The van der Waals surface area contributed by atoms with E-state index >= 15 is 0 Å². The van der Waals surface area contributed by atoms with Gasteiger partial charge in [-0.25, -0.2) is 9.78 Å². The minimum Gasteiger partial charge on any atom is -0.467 e. The summed E-state index contributed by atoms with van der Waals surface area (Å²) in [4.78, 5) is 33.0. The molecule has 34 heavy (non-hydrogen) atoms. The second-order valence-corrected chi connectivity index (χ2v) is 10.1. The van der Waals surface area contributed by atoms with Crippen molar-refractivity contribution >= 4 is 17.0 Å². The largest absolute Gasteiger partial charge is 0.467 e. The van der Waals surface area contributed by atoms with Gasteiger partial charge in [0.15, 0.2) is 6.04 Å². The van der Waals surface area contributed by atoms with Gasteiger partial charge in [0.25, 0.3) is 5.56 Å². The molecule has 3 heterocycles. The second kappa shape index (κ2) is 8.06. The Morgan fingerprint density at radius 2 is 1.91 bits per heavy atom. The third-order valence-corrected chi connectivity index (χ3v) is 8.50. The van der Waals surface area contributed by atoms with Gasteiger partial charge in [-0.05, 0) is 56.2 Å². The molecule has 8 heteroatoms. The van der Waals surface area contributed by atoms with Crippen LogP contribution in [0.5, 0.6) is 0 Å². The highest BCUT2D eigenvalue weighted by Crippen LogP contribution is 2.62. The van der Waals surface area contributed by atoms with Crippen LogP contribution in [0.2, 0.25) is 0 Å². The predicted molar refractivity (Wildman–Crippen MR) is 126 cm³/mol. The van der Waals surface area contributed by atoms with E-state index in [1.807, 2.05) is 34.3 Å². The molecule has 3 saturated carbocycles. The number of piperidine rings is 2. The van der Waals surface area contributed by atoms with Gasteiger partial charge in [-0.3, -0.25) is 4.79 Å². The number of nitrogens with one attached hydrogen (secondary N) is 1. The zero-order valence-corrected chi connectivity index (χ0v) is 19.3. The first-order valence-corrected chi connectivity index (χ1v) is 12.2. The van der Waals surface area contributed by atoms with Crippen molar-refractivity contribution in [1.29, 1.82) is 0 Å². The van der Waals surface area contributed by atoms with E-state index in [0.29, 0.717) is 29.4 Å². The van der Waals surface area contributed by atoms with Crippen LogP contribution < -0.4 is 11.0 Å². The van der Waals surface area contributed by atoms with E-state index in [-0.39, 0.29) is 17.3 Å². The summed E-state index contributed by atoms with van der Waals surface area (Å²) >= 11 is 0. The molecule has 7 rings (SSSR count). The number of benzene rings is 1. The molecule has 4 bridgehead atoms. The normalized spacial score (nSPS) is 30.4. The minimum atomic E-state index is -1.34. The molecule has 6 atom stereocenters. The van der Waals surface area contributed by atoms with Crippen LogP contribution in [0, 0.1) is 11.8 Å². The maximum absolute atomic E-state index is 13.7. The zero-order chi connectivity index (χ0) is 23.6. The Kier molecular flexibility index (Phi) is 5.11. The fraction of sp³-hybridized carbons (Fsp3) is 0.500. The number of rotatable bonds is 5. The van der Waals surface area contributed by atoms with Crippen molar-refractivity contribution in [3.63, 3.8) is 0 Å². The van der Waals surface area contributed by atoms with E-state index in [1.165, 1.54) is 25.5 Å². The number of carbonyl (C=O) groups is 1. The Morgan fingerprint density at radius 1 is 1.21 bits per heavy atom. The van der Waals surface area contributed by atoms with Gasteiger partial charge in [0, 0.05) is 36.2 Å². The zero-order valence-electron chi connectivity index (χ0n) is 19.3. The highest BCUT2D eigenvalue weighted by atomic mass is 16.5. The monoisotopic (exact) mass is 462 g/mol. The molecule has 0 radical (unpaired) electrons. The number of fused-ring (bicyclic) bond motifs is 3. The van der Waals surface area contributed by atoms with Gasteiger partial charge >= 0.3 is 5.97 Å². The molecule has 2 aliphatic heterocycles. The summed E-state index contributed by atoms with van der Waals surface area (Å²) in [6, 6.07) is 6.91. The lowest BCUT2D eigenvalue weighted by Gasteiger charge is -2.58. The maximum atomic E-state index is 13.7. The SMILES string of the molecule is C=C1C2CC1C2=CN1[C@@H]2CCC[C@H]1C[C@@H](n1c(=O)c(C(NO)C(=O)OC)nc3ccccc31)C2. The summed E-state index contributed by atoms with van der Waals surface area (Å²) in [5, 5.41) is 9.64. The van der Waals surface area contributed by atoms with Crippen LogP contribution in [-0.2, 0) is 9.53 Å². The molecule has 5 aliphatic rings. The first kappa shape index (κ1) is 21.6. The standard InChI is InChI=1S/C26H30N4O4/c1-14-18-12-19(14)20(18)13-29-15-6-5-7-16(29)11-17(10-15)30-22-9-4-3-8-21(22)27-23(25(30)31)24(28-33)26(32)34-2/h3-4,8-9,13,15-19,24,28,33H,1,5-7,10-12H2,2H3/t15-,16+,17+,18?,19?,24?. The van der Waals surface area contributed by atoms with E-state index in [0.717, 1.165) is 31.2 Å². The fourth-order valence-corrected chi connectivity index (χ4v) is 6.54. The number of para-hydroxylation sites is 2. The third kappa shape index (κ3) is 3.08. The highest BCUT2D eigenvalue weighted by Gasteiger charge is 2.52. The van der Waals surface area contributed by atoms with Crippen molar-refractivity contribution in [3.8, 4) is 0 Å². The number of carbonyl (C=O) groups excluding carboxylic acids is 1. The third-order valence-electron chi connectivity index (χ3n) is 8.50. The van der Waals surface area contributed by atoms with Crippen molar-refractivity contribution in [2.75, 3.05) is 7.11 Å². The van der Waals surface area contributed by atoms with Gasteiger partial charge < -0.3 is 19.4 Å². The van der Waals surface area contributed by atoms with Crippen LogP contribution in [0.1, 0.15) is 56.3 Å². The number of hydrogen-bond donors (Lipinski definition) is 2. The van der Waals surface area contributed by atoms with E-state index in [4.69, 9.17) is 4.74 Å². The lowest BCUT2D eigenvalue weighted by Crippen LogP contribution is -2.53. The van der Waals surface area contributed by atoms with Crippen molar-refractivity contribution in [3.05, 3.63) is 64.2 Å². The number of hydrogen-bond acceptors (Lipinski definition) is 7. The van der Waals surface area contributed by atoms with Gasteiger partial charge in [-0.15, -0.1) is 0 Å². The van der Waals surface area contributed by atoms with E-state index in [9.17, 15) is 14.8 Å². The number of ether oxygens (including phenoxy) is 1. The van der Waals surface area contributed by atoms with Crippen LogP contribution in [0.25, 0.3) is 11.0 Å². The van der Waals surface area contributed by atoms with Crippen LogP contribution in [-0.4, -0.2) is 44.8 Å². The average molecular weight is 463 g/mol. The van der Waals surface area contributed by atoms with E-state index in [1.54, 1.807) is 5.57 Å². The van der Waals surface area contributed by atoms with Crippen molar-refractivity contribution < 1.29 is 14.7 Å². The first-order valence-electron chi connectivity index (χ1n) is 12.2. The number of methoxy groups -OCH3 is 1. The minimum absolute atomic E-state index is 0.00743. The van der Waals surface area contributed by atoms with Gasteiger partial charge in [-0.1, -0.05) is 24.3 Å². The molecular weight excluding hydrogens is 432 g/mol. The molecular formula is C26H30N4O4. The van der Waals surface area contributed by atoms with Gasteiger partial charge in [-0.2, -0.15) is 5.48 Å². The summed E-state index contributed by atoms with van der Waals surface area (Å²) in [7, 11) is 1.22. The average Bonchev–Trinajstić information content (AvgIpc) is 2.81. The molecule has 1 aromatic carbocycles. The Morgan fingerprint density at radius 3 is 2.53 bits per heavy atom. The molecule has 0 spiro atoms. The summed E-state index contributed by atoms with van der Waals surface area (Å²) in [6.45, 7) is 4.19. The maximum Gasteiger partial charge on any atom is 0.331 e. The highest BCUT2D eigenvalue weighted by molar-refractivity contribution is 5.79. The molecule has 178 valence electrons. The molecule has 0 amide bonds. The molecule has 2 saturated heterocycles. The number of aromatic nitrogens is 2. The van der Waals surface area contributed by atoms with E-state index in [2.05, 4.69) is 22.7 Å². The summed E-state index contributed by atoms with van der Waals surface area (Å²) < 4.78 is 6.60. The Bertz CT molecular complexity index is 1240. The number of hydroxylamine groups is 1. The number of allylic oxidation sites excluding steroid dienone is 2. The van der Waals surface area contributed by atoms with Crippen LogP contribution in [0.3, 0.4) is 0 Å². The molecule has 2 N–H and O–H groups in total. The topological polar surface area (TPSA) is 96.7 Å². The summed E-state index contributed by atoms with van der Waals surface area (Å²) in [5.41, 5.74) is 5.83. The second-order valence-electron chi connectivity index (χ2n) is 10.1. The van der Waals surface area contributed by atoms with Crippen molar-refractivity contribution in [2.24, 2.45) is 11.8 Å². The van der Waals surface area contributed by atoms with Crippen LogP contribution >= 0.6 is 0 Å². The van der Waals surface area contributed by atoms with E-state index < -0.39 is 12.0 Å². The molecule has 1 aromatic heterocycles. The first-order chi connectivity index (χ1) is 16.5. The van der Waals surface area contributed by atoms with Gasteiger partial charge in [0.2, 0.25) is 0 Å². The van der Waals surface area contributed by atoms with Crippen molar-refractivity contribution in [2.45, 2.75) is 62.7 Å². The lowest BCUT2D eigenvalue weighted by molar-refractivity contribution is -0.146. The summed E-state index contributed by atoms with van der Waals surface area (Å²) in [6.07, 6.45) is 8.83. The lowest BCUT2D eigenvalue weighted by atomic mass is 9.49. The Balaban J connectivity index is 1.39. The number of nitrogens with zero attached hydrogens (tertiary/aromatic N) is 3. The van der Waals surface area contributed by atoms with Crippen LogP contribution in [0.4, 0.5) is 0 Å². The Hall–Kier alpha value is -2.97. The van der Waals surface area contributed by atoms with Crippen LogP contribution in [0.15, 0.2) is 53.0 Å². The number of esters is 1. The molecule has 8 nitrogen and oxygen atoms in total. The quantitative estimate of drug-likeness (QED) is 0.400. The van der Waals surface area contributed by atoms with Gasteiger partial charge in [0.1, 0.15) is 5.69 Å².